The minimum atomic E-state index is -3.59. The molecule has 1 aliphatic rings. The molecule has 0 aromatic heterocycles. The molecule has 1 aromatic carbocycles. The summed E-state index contributed by atoms with van der Waals surface area (Å²) in [5, 5.41) is 8.49. The number of nitrogens with two attached hydrogens (primary N) is 1. The normalized spacial score (nSPS) is 23.1. The number of nitrogens with one attached hydrogen (secondary N) is 3. The highest BCUT2D eigenvalue weighted by atomic mass is 32.2. The number of hydrogen-bond donors (Lipinski definition) is 4. The number of hydrogen-bond acceptors (Lipinski definition) is 5. The molecule has 1 fully saturated rings. The van der Waals surface area contributed by atoms with Crippen molar-refractivity contribution in [1.82, 2.24) is 16.2 Å². The first-order valence-electron chi connectivity index (χ1n) is 6.77. The third-order valence-corrected chi connectivity index (χ3v) is 4.58. The van der Waals surface area contributed by atoms with Crippen LogP contribution in [0.3, 0.4) is 0 Å². The Hall–Kier alpha value is -0.990. The van der Waals surface area contributed by atoms with Crippen LogP contribution >= 0.6 is 0 Å². The third kappa shape index (κ3) is 4.26. The second kappa shape index (κ2) is 6.64. The SMILES string of the molecule is CC1NNCC1CNCCc1ccc(S(N)(=O)=O)cc1. The van der Waals surface area contributed by atoms with Gasteiger partial charge in [-0.15, -0.1) is 0 Å². The molecule has 2 rings (SSSR count). The molecule has 2 atom stereocenters. The first kappa shape index (κ1) is 15.4. The van der Waals surface area contributed by atoms with Gasteiger partial charge in [0.15, 0.2) is 0 Å². The predicted octanol–water partition coefficient (Wildman–Crippen LogP) is -0.421. The van der Waals surface area contributed by atoms with Crippen LogP contribution in [0, 0.1) is 5.92 Å². The third-order valence-electron chi connectivity index (χ3n) is 3.65. The molecule has 1 saturated heterocycles. The van der Waals surface area contributed by atoms with Gasteiger partial charge in [-0.1, -0.05) is 12.1 Å². The lowest BCUT2D eigenvalue weighted by molar-refractivity contribution is 0.456. The number of benzene rings is 1. The Morgan fingerprint density at radius 1 is 1.35 bits per heavy atom. The van der Waals surface area contributed by atoms with Gasteiger partial charge in [0.05, 0.1) is 4.90 Å². The number of hydrazine groups is 1. The molecule has 112 valence electrons. The fourth-order valence-corrected chi connectivity index (χ4v) is 2.78. The molecule has 1 aromatic rings. The highest BCUT2D eigenvalue weighted by Crippen LogP contribution is 2.09. The van der Waals surface area contributed by atoms with Gasteiger partial charge < -0.3 is 5.32 Å². The van der Waals surface area contributed by atoms with E-state index in [0.29, 0.717) is 12.0 Å². The maximum atomic E-state index is 11.1. The zero-order valence-electron chi connectivity index (χ0n) is 11.6. The van der Waals surface area contributed by atoms with Gasteiger partial charge in [0, 0.05) is 25.0 Å². The van der Waals surface area contributed by atoms with Crippen molar-refractivity contribution >= 4 is 10.0 Å². The summed E-state index contributed by atoms with van der Waals surface area (Å²) in [4.78, 5) is 0.158. The summed E-state index contributed by atoms with van der Waals surface area (Å²) >= 11 is 0. The summed E-state index contributed by atoms with van der Waals surface area (Å²) in [7, 11) is -3.59. The number of sulfonamides is 1. The Morgan fingerprint density at radius 3 is 2.60 bits per heavy atom. The van der Waals surface area contributed by atoms with Crippen LogP contribution in [0.15, 0.2) is 29.2 Å². The van der Waals surface area contributed by atoms with Crippen LogP contribution in [-0.4, -0.2) is 34.1 Å². The molecule has 0 aliphatic carbocycles. The fraction of sp³-hybridized carbons (Fsp3) is 0.538. The van der Waals surface area contributed by atoms with Gasteiger partial charge in [-0.3, -0.25) is 10.9 Å². The first-order valence-corrected chi connectivity index (χ1v) is 8.32. The highest BCUT2D eigenvalue weighted by molar-refractivity contribution is 7.89. The minimum absolute atomic E-state index is 0.158. The van der Waals surface area contributed by atoms with E-state index in [4.69, 9.17) is 5.14 Å². The van der Waals surface area contributed by atoms with Gasteiger partial charge >= 0.3 is 0 Å². The summed E-state index contributed by atoms with van der Waals surface area (Å²) in [6.07, 6.45) is 0.868. The van der Waals surface area contributed by atoms with Crippen LogP contribution in [0.5, 0.6) is 0 Å². The summed E-state index contributed by atoms with van der Waals surface area (Å²) < 4.78 is 22.3. The molecule has 0 saturated carbocycles. The maximum Gasteiger partial charge on any atom is 0.238 e. The second-order valence-corrected chi connectivity index (χ2v) is 6.78. The molecule has 0 amide bonds. The van der Waals surface area contributed by atoms with Crippen LogP contribution in [0.1, 0.15) is 12.5 Å². The van der Waals surface area contributed by atoms with Crippen molar-refractivity contribution in [3.63, 3.8) is 0 Å². The fourth-order valence-electron chi connectivity index (χ4n) is 2.26. The van der Waals surface area contributed by atoms with Crippen molar-refractivity contribution in [2.75, 3.05) is 19.6 Å². The van der Waals surface area contributed by atoms with Gasteiger partial charge in [-0.2, -0.15) is 0 Å². The van der Waals surface area contributed by atoms with Crippen molar-refractivity contribution in [2.24, 2.45) is 11.1 Å². The van der Waals surface area contributed by atoms with E-state index in [9.17, 15) is 8.42 Å². The van der Waals surface area contributed by atoms with Gasteiger partial charge in [0.2, 0.25) is 10.0 Å². The van der Waals surface area contributed by atoms with Crippen molar-refractivity contribution < 1.29 is 8.42 Å². The molecule has 0 spiro atoms. The molecule has 20 heavy (non-hydrogen) atoms. The van der Waals surface area contributed by atoms with Crippen molar-refractivity contribution in [1.29, 1.82) is 0 Å². The van der Waals surface area contributed by atoms with Gasteiger partial charge in [-0.05, 0) is 37.6 Å². The standard InChI is InChI=1S/C13H22N4O2S/c1-10-12(9-16-17-10)8-15-7-6-11-2-4-13(5-3-11)20(14,18)19/h2-5,10,12,15-17H,6-9H2,1H3,(H2,14,18,19). The Labute approximate surface area is 120 Å². The lowest BCUT2D eigenvalue weighted by atomic mass is 10.0. The second-order valence-electron chi connectivity index (χ2n) is 5.22. The van der Waals surface area contributed by atoms with E-state index in [1.165, 1.54) is 0 Å². The van der Waals surface area contributed by atoms with Gasteiger partial charge in [0.25, 0.3) is 0 Å². The molecule has 1 heterocycles. The smallest absolute Gasteiger partial charge is 0.238 e. The Bertz CT molecular complexity index is 530. The highest BCUT2D eigenvalue weighted by Gasteiger charge is 2.21. The largest absolute Gasteiger partial charge is 0.316 e. The molecule has 1 aliphatic heterocycles. The summed E-state index contributed by atoms with van der Waals surface area (Å²) in [6.45, 7) is 4.99. The van der Waals surface area contributed by atoms with Crippen LogP contribution in [-0.2, 0) is 16.4 Å². The van der Waals surface area contributed by atoms with E-state index >= 15 is 0 Å². The van der Waals surface area contributed by atoms with Crippen molar-refractivity contribution in [2.45, 2.75) is 24.3 Å². The average Bonchev–Trinajstić information content (AvgIpc) is 2.80. The molecule has 5 N–H and O–H groups in total. The van der Waals surface area contributed by atoms with E-state index < -0.39 is 10.0 Å². The summed E-state index contributed by atoms with van der Waals surface area (Å²) in [5.74, 6) is 0.597. The maximum absolute atomic E-state index is 11.1. The average molecular weight is 298 g/mol. The lowest BCUT2D eigenvalue weighted by Crippen LogP contribution is -2.33. The van der Waals surface area contributed by atoms with E-state index in [2.05, 4.69) is 23.1 Å². The Morgan fingerprint density at radius 2 is 2.05 bits per heavy atom. The van der Waals surface area contributed by atoms with Crippen molar-refractivity contribution in [3.05, 3.63) is 29.8 Å². The molecule has 7 heteroatoms. The van der Waals surface area contributed by atoms with E-state index in [-0.39, 0.29) is 4.90 Å². The quantitative estimate of drug-likeness (QED) is 0.535. The zero-order chi connectivity index (χ0) is 14.6. The van der Waals surface area contributed by atoms with E-state index in [1.54, 1.807) is 12.1 Å². The van der Waals surface area contributed by atoms with Crippen LogP contribution in [0.25, 0.3) is 0 Å². The van der Waals surface area contributed by atoms with Crippen molar-refractivity contribution in [3.8, 4) is 0 Å². The molecule has 6 nitrogen and oxygen atoms in total. The molecular formula is C13H22N4O2S. The summed E-state index contributed by atoms with van der Waals surface area (Å²) in [5.41, 5.74) is 7.43. The number of rotatable bonds is 6. The first-order chi connectivity index (χ1) is 9.47. The van der Waals surface area contributed by atoms with E-state index in [1.807, 2.05) is 12.1 Å². The number of primary sulfonamides is 1. The van der Waals surface area contributed by atoms with E-state index in [0.717, 1.165) is 31.6 Å². The van der Waals surface area contributed by atoms with Crippen LogP contribution in [0.4, 0.5) is 0 Å². The van der Waals surface area contributed by atoms with Gasteiger partial charge in [-0.25, -0.2) is 13.6 Å². The molecular weight excluding hydrogens is 276 g/mol. The zero-order valence-corrected chi connectivity index (χ0v) is 12.4. The predicted molar refractivity (Wildman–Crippen MR) is 78.5 cm³/mol. The van der Waals surface area contributed by atoms with Crippen LogP contribution in [0.2, 0.25) is 0 Å². The topological polar surface area (TPSA) is 96.2 Å². The molecule has 0 bridgehead atoms. The van der Waals surface area contributed by atoms with Crippen LogP contribution < -0.4 is 21.3 Å². The van der Waals surface area contributed by atoms with Gasteiger partial charge in [0.1, 0.15) is 0 Å². The Kier molecular flexibility index (Phi) is 5.11. The minimum Gasteiger partial charge on any atom is -0.316 e. The lowest BCUT2D eigenvalue weighted by Gasteiger charge is -2.14. The molecule has 2 unspecified atom stereocenters. The summed E-state index contributed by atoms with van der Waals surface area (Å²) in [6, 6.07) is 7.21. The Balaban J connectivity index is 1.74. The monoisotopic (exact) mass is 298 g/mol. The molecule has 0 radical (unpaired) electrons.